The van der Waals surface area contributed by atoms with Crippen LogP contribution < -0.4 is 0 Å². The third-order valence-electron chi connectivity index (χ3n) is 5.55. The lowest BCUT2D eigenvalue weighted by Crippen LogP contribution is -2.45. The van der Waals surface area contributed by atoms with Gasteiger partial charge in [0.05, 0.1) is 5.57 Å². The van der Waals surface area contributed by atoms with Gasteiger partial charge in [-0.2, -0.15) is 0 Å². The van der Waals surface area contributed by atoms with Crippen LogP contribution in [0.4, 0.5) is 0 Å². The molecule has 1 fully saturated rings. The Bertz CT molecular complexity index is 915. The summed E-state index contributed by atoms with van der Waals surface area (Å²) in [5.74, 6) is -0.266. The van der Waals surface area contributed by atoms with Crippen molar-refractivity contribution in [2.24, 2.45) is 0 Å². The lowest BCUT2D eigenvalue weighted by molar-refractivity contribution is 0.0977. The molecule has 1 aliphatic heterocycles. The number of nitrogens with zero attached hydrogens (tertiary/aromatic N) is 2. The molecule has 1 aliphatic carbocycles. The zero-order valence-electron chi connectivity index (χ0n) is 16.1. The van der Waals surface area contributed by atoms with Crippen molar-refractivity contribution in [1.82, 2.24) is 9.80 Å². The molecule has 0 aromatic heterocycles. The van der Waals surface area contributed by atoms with Gasteiger partial charge in [0, 0.05) is 49.5 Å². The minimum atomic E-state index is -0.133. The highest BCUT2D eigenvalue weighted by Gasteiger charge is 2.35. The van der Waals surface area contributed by atoms with E-state index in [1.807, 2.05) is 37.3 Å². The molecular weight excluding hydrogens is 348 g/mol. The molecule has 1 heterocycles. The minimum absolute atomic E-state index is 0.133. The average Bonchev–Trinajstić information content (AvgIpc) is 2.99. The number of piperazine rings is 1. The van der Waals surface area contributed by atoms with Crippen LogP contribution in [0.2, 0.25) is 0 Å². The number of carbonyl (C=O) groups excluding carboxylic acids is 2. The number of hydrogen-bond donors (Lipinski definition) is 0. The summed E-state index contributed by atoms with van der Waals surface area (Å²) in [6, 6.07) is 17.4. The number of fused-ring (bicyclic) bond motifs is 1. The third kappa shape index (κ3) is 3.56. The summed E-state index contributed by atoms with van der Waals surface area (Å²) >= 11 is 0. The molecule has 0 atom stereocenters. The maximum atomic E-state index is 12.7. The number of carbonyl (C=O) groups is 2. The van der Waals surface area contributed by atoms with Crippen molar-refractivity contribution in [2.45, 2.75) is 6.92 Å². The van der Waals surface area contributed by atoms with Crippen LogP contribution in [0.3, 0.4) is 0 Å². The Labute approximate surface area is 165 Å². The average molecular weight is 372 g/mol. The molecule has 1 saturated heterocycles. The van der Waals surface area contributed by atoms with Gasteiger partial charge in [0.1, 0.15) is 0 Å². The van der Waals surface area contributed by atoms with Gasteiger partial charge in [-0.3, -0.25) is 14.5 Å². The summed E-state index contributed by atoms with van der Waals surface area (Å²) < 4.78 is 0. The molecule has 2 aromatic carbocycles. The molecule has 28 heavy (non-hydrogen) atoms. The summed E-state index contributed by atoms with van der Waals surface area (Å²) in [6.45, 7) is 6.29. The van der Waals surface area contributed by atoms with Crippen molar-refractivity contribution in [1.29, 1.82) is 0 Å². The van der Waals surface area contributed by atoms with Gasteiger partial charge in [0.25, 0.3) is 0 Å². The zero-order chi connectivity index (χ0) is 19.5. The summed E-state index contributed by atoms with van der Waals surface area (Å²) in [7, 11) is 0. The quantitative estimate of drug-likeness (QED) is 0.607. The van der Waals surface area contributed by atoms with Crippen LogP contribution in [-0.2, 0) is 0 Å². The first-order valence-corrected chi connectivity index (χ1v) is 9.73. The molecule has 0 amide bonds. The van der Waals surface area contributed by atoms with Gasteiger partial charge < -0.3 is 4.90 Å². The first kappa shape index (κ1) is 18.4. The largest absolute Gasteiger partial charge is 0.372 e. The van der Waals surface area contributed by atoms with Crippen LogP contribution in [0.5, 0.6) is 0 Å². The lowest BCUT2D eigenvalue weighted by atomic mass is 10.1. The number of hydrogen-bond acceptors (Lipinski definition) is 4. The highest BCUT2D eigenvalue weighted by atomic mass is 16.2. The molecular formula is C24H24N2O2. The van der Waals surface area contributed by atoms with E-state index in [1.165, 1.54) is 5.56 Å². The van der Waals surface area contributed by atoms with E-state index in [0.29, 0.717) is 16.7 Å². The first-order chi connectivity index (χ1) is 13.6. The van der Waals surface area contributed by atoms with Crippen molar-refractivity contribution < 1.29 is 9.59 Å². The zero-order valence-corrected chi connectivity index (χ0v) is 16.1. The van der Waals surface area contributed by atoms with Gasteiger partial charge in [-0.05, 0) is 12.5 Å². The minimum Gasteiger partial charge on any atom is -0.372 e. The second-order valence-electron chi connectivity index (χ2n) is 7.26. The summed E-state index contributed by atoms with van der Waals surface area (Å²) in [4.78, 5) is 30.0. The number of benzene rings is 2. The molecule has 0 bridgehead atoms. The second-order valence-corrected chi connectivity index (χ2v) is 7.26. The van der Waals surface area contributed by atoms with Crippen molar-refractivity contribution in [3.8, 4) is 0 Å². The van der Waals surface area contributed by atoms with E-state index in [-0.39, 0.29) is 11.6 Å². The van der Waals surface area contributed by atoms with E-state index in [4.69, 9.17) is 0 Å². The van der Waals surface area contributed by atoms with Crippen molar-refractivity contribution in [3.05, 3.63) is 88.6 Å². The van der Waals surface area contributed by atoms with E-state index in [0.717, 1.165) is 38.4 Å². The highest BCUT2D eigenvalue weighted by Crippen LogP contribution is 2.29. The smallest absolute Gasteiger partial charge is 0.199 e. The fraction of sp³-hybridized carbons (Fsp3) is 0.250. The molecule has 2 aromatic rings. The predicted molar refractivity (Wildman–Crippen MR) is 111 cm³/mol. The monoisotopic (exact) mass is 372 g/mol. The molecule has 2 aliphatic rings. The fourth-order valence-corrected chi connectivity index (χ4v) is 3.91. The van der Waals surface area contributed by atoms with E-state index in [2.05, 4.69) is 34.1 Å². The normalized spacial score (nSPS) is 17.5. The summed E-state index contributed by atoms with van der Waals surface area (Å²) in [5, 5.41) is 0. The van der Waals surface area contributed by atoms with Gasteiger partial charge in [-0.15, -0.1) is 0 Å². The van der Waals surface area contributed by atoms with E-state index in [9.17, 15) is 9.59 Å². The Morgan fingerprint density at radius 3 is 2.04 bits per heavy atom. The summed E-state index contributed by atoms with van der Waals surface area (Å²) in [6.07, 6.45) is 4.34. The highest BCUT2D eigenvalue weighted by molar-refractivity contribution is 6.39. The van der Waals surface area contributed by atoms with Crippen LogP contribution in [0.1, 0.15) is 33.2 Å². The topological polar surface area (TPSA) is 40.6 Å². The Morgan fingerprint density at radius 2 is 1.43 bits per heavy atom. The number of ketones is 2. The van der Waals surface area contributed by atoms with E-state index >= 15 is 0 Å². The molecule has 0 saturated carbocycles. The first-order valence-electron chi connectivity index (χ1n) is 9.73. The SMILES string of the molecule is CC(=C1C(=O)c2ccccc2C1=O)N1CCN(C/C=C/c2ccccc2)CC1. The van der Waals surface area contributed by atoms with Crippen LogP contribution in [-0.4, -0.2) is 54.1 Å². The van der Waals surface area contributed by atoms with Crippen molar-refractivity contribution in [3.63, 3.8) is 0 Å². The molecule has 4 heteroatoms. The number of rotatable bonds is 4. The second kappa shape index (κ2) is 7.95. The van der Waals surface area contributed by atoms with Gasteiger partial charge in [-0.25, -0.2) is 0 Å². The Hall–Kier alpha value is -2.98. The van der Waals surface area contributed by atoms with E-state index < -0.39 is 0 Å². The van der Waals surface area contributed by atoms with Crippen LogP contribution >= 0.6 is 0 Å². The summed E-state index contributed by atoms with van der Waals surface area (Å²) in [5.41, 5.74) is 3.43. The molecule has 0 spiro atoms. The van der Waals surface area contributed by atoms with Crippen LogP contribution in [0.25, 0.3) is 6.08 Å². The lowest BCUT2D eigenvalue weighted by Gasteiger charge is -2.36. The third-order valence-corrected chi connectivity index (χ3v) is 5.55. The Kier molecular flexibility index (Phi) is 5.22. The van der Waals surface area contributed by atoms with E-state index in [1.54, 1.807) is 12.1 Å². The Morgan fingerprint density at radius 1 is 0.857 bits per heavy atom. The molecule has 4 rings (SSSR count). The maximum Gasteiger partial charge on any atom is 0.199 e. The molecule has 0 unspecified atom stereocenters. The molecule has 4 nitrogen and oxygen atoms in total. The van der Waals surface area contributed by atoms with Crippen molar-refractivity contribution >= 4 is 17.6 Å². The van der Waals surface area contributed by atoms with Crippen LogP contribution in [0.15, 0.2) is 71.9 Å². The molecule has 142 valence electrons. The van der Waals surface area contributed by atoms with Gasteiger partial charge in [0.2, 0.25) is 0 Å². The molecule has 0 radical (unpaired) electrons. The maximum absolute atomic E-state index is 12.7. The van der Waals surface area contributed by atoms with Crippen LogP contribution in [0, 0.1) is 0 Å². The van der Waals surface area contributed by atoms with Gasteiger partial charge in [0.15, 0.2) is 11.6 Å². The van der Waals surface area contributed by atoms with Gasteiger partial charge >= 0.3 is 0 Å². The predicted octanol–water partition coefficient (Wildman–Crippen LogP) is 3.67. The Balaban J connectivity index is 1.39. The standard InChI is InChI=1S/C24H24N2O2/c1-18(22-23(27)20-11-5-6-12-21(20)24(22)28)26-16-14-25(15-17-26)13-7-10-19-8-3-2-4-9-19/h2-12H,13-17H2,1H3/b10-7+. The fourth-order valence-electron chi connectivity index (χ4n) is 3.91. The van der Waals surface area contributed by atoms with Crippen molar-refractivity contribution in [2.75, 3.05) is 32.7 Å². The number of Topliss-reactive ketones (excluding diaryl/α,β-unsaturated/α-hetero) is 2. The van der Waals surface area contributed by atoms with Gasteiger partial charge in [-0.1, -0.05) is 66.7 Å². The molecule has 0 N–H and O–H groups in total. The number of allylic oxidation sites excluding steroid dienone is 2.